The third-order valence-electron chi connectivity index (χ3n) is 3.15. The number of likely N-dealkylation sites (N-methyl/N-ethyl adjacent to an activating group) is 1. The van der Waals surface area contributed by atoms with Gasteiger partial charge < -0.3 is 5.32 Å². The van der Waals surface area contributed by atoms with Crippen LogP contribution in [0.3, 0.4) is 0 Å². The number of nitrogens with one attached hydrogen (secondary N) is 1. The Bertz CT molecular complexity index is 496. The molecule has 0 bridgehead atoms. The summed E-state index contributed by atoms with van der Waals surface area (Å²) in [6.07, 6.45) is 2.85. The van der Waals surface area contributed by atoms with Crippen molar-refractivity contribution >= 4 is 11.8 Å². The highest BCUT2D eigenvalue weighted by atomic mass is 32.2. The molecule has 0 spiro atoms. The Labute approximate surface area is 126 Å². The quantitative estimate of drug-likeness (QED) is 0.786. The van der Waals surface area contributed by atoms with E-state index < -0.39 is 0 Å². The monoisotopic (exact) mass is 286 g/mol. The van der Waals surface area contributed by atoms with Crippen molar-refractivity contribution in [1.82, 2.24) is 10.3 Å². The number of nitrogens with zero attached hydrogens (tertiary/aromatic N) is 1. The maximum atomic E-state index is 4.42. The second-order valence-corrected chi connectivity index (χ2v) is 6.00. The van der Waals surface area contributed by atoms with Gasteiger partial charge in [0.1, 0.15) is 0 Å². The first kappa shape index (κ1) is 15.1. The molecule has 1 unspecified atom stereocenters. The van der Waals surface area contributed by atoms with Crippen LogP contribution in [0, 0.1) is 6.92 Å². The summed E-state index contributed by atoms with van der Waals surface area (Å²) in [6.45, 7) is 5.27. The Kier molecular flexibility index (Phi) is 6.09. The fraction of sp³-hybridized carbons (Fsp3) is 0.353. The second-order valence-electron chi connectivity index (χ2n) is 4.90. The van der Waals surface area contributed by atoms with Gasteiger partial charge in [0.05, 0.1) is 0 Å². The van der Waals surface area contributed by atoms with Gasteiger partial charge in [0.25, 0.3) is 0 Å². The minimum atomic E-state index is 0.459. The zero-order valence-corrected chi connectivity index (χ0v) is 13.0. The molecule has 1 aromatic heterocycles. The van der Waals surface area contributed by atoms with Gasteiger partial charge in [-0.15, -0.1) is 11.8 Å². The van der Waals surface area contributed by atoms with Crippen LogP contribution in [0.2, 0.25) is 0 Å². The van der Waals surface area contributed by atoms with Crippen LogP contribution in [0.5, 0.6) is 0 Å². The highest BCUT2D eigenvalue weighted by Crippen LogP contribution is 2.20. The summed E-state index contributed by atoms with van der Waals surface area (Å²) in [5.74, 6) is 1.06. The molecule has 1 heterocycles. The molecule has 0 radical (unpaired) electrons. The number of pyridine rings is 1. The smallest absolute Gasteiger partial charge is 0.0419 e. The van der Waals surface area contributed by atoms with E-state index in [1.165, 1.54) is 10.5 Å². The van der Waals surface area contributed by atoms with E-state index in [1.807, 2.05) is 24.0 Å². The predicted octanol–water partition coefficient (Wildman–Crippen LogP) is 3.70. The molecule has 1 N–H and O–H groups in total. The lowest BCUT2D eigenvalue weighted by atomic mass is 10.1. The molecule has 0 aliphatic carbocycles. The van der Waals surface area contributed by atoms with Crippen molar-refractivity contribution in [1.29, 1.82) is 0 Å². The van der Waals surface area contributed by atoms with Crippen LogP contribution in [0.4, 0.5) is 0 Å². The van der Waals surface area contributed by atoms with Crippen LogP contribution in [0.25, 0.3) is 0 Å². The van der Waals surface area contributed by atoms with Crippen LogP contribution < -0.4 is 5.32 Å². The minimum absolute atomic E-state index is 0.459. The molecule has 1 aromatic carbocycles. The van der Waals surface area contributed by atoms with Crippen LogP contribution >= 0.6 is 11.8 Å². The molecule has 2 aromatic rings. The van der Waals surface area contributed by atoms with Crippen molar-refractivity contribution in [2.75, 3.05) is 12.3 Å². The van der Waals surface area contributed by atoms with Crippen molar-refractivity contribution in [2.24, 2.45) is 0 Å². The number of aryl methyl sites for hydroxylation is 1. The molecule has 0 saturated heterocycles. The summed E-state index contributed by atoms with van der Waals surface area (Å²) in [6, 6.07) is 15.3. The second kappa shape index (κ2) is 8.08. The van der Waals surface area contributed by atoms with E-state index >= 15 is 0 Å². The Morgan fingerprint density at radius 1 is 1.15 bits per heavy atom. The van der Waals surface area contributed by atoms with E-state index in [0.29, 0.717) is 6.04 Å². The zero-order valence-electron chi connectivity index (χ0n) is 12.2. The van der Waals surface area contributed by atoms with Gasteiger partial charge in [-0.05, 0) is 37.7 Å². The van der Waals surface area contributed by atoms with Crippen LogP contribution in [-0.4, -0.2) is 23.3 Å². The first-order chi connectivity index (χ1) is 9.78. The minimum Gasteiger partial charge on any atom is -0.313 e. The number of hydrogen-bond donors (Lipinski definition) is 1. The van der Waals surface area contributed by atoms with E-state index in [-0.39, 0.29) is 0 Å². The highest BCUT2D eigenvalue weighted by molar-refractivity contribution is 7.99. The van der Waals surface area contributed by atoms with Gasteiger partial charge in [-0.2, -0.15) is 0 Å². The van der Waals surface area contributed by atoms with Crippen molar-refractivity contribution in [3.63, 3.8) is 0 Å². The SMILES string of the molecule is CCNC(CSc1ccc(C)cc1)Cc1ccccn1. The third kappa shape index (κ3) is 4.99. The predicted molar refractivity (Wildman–Crippen MR) is 87.3 cm³/mol. The maximum absolute atomic E-state index is 4.42. The molecule has 106 valence electrons. The van der Waals surface area contributed by atoms with Gasteiger partial charge >= 0.3 is 0 Å². The summed E-state index contributed by atoms with van der Waals surface area (Å²) < 4.78 is 0. The van der Waals surface area contributed by atoms with Crippen LogP contribution in [0.15, 0.2) is 53.6 Å². The lowest BCUT2D eigenvalue weighted by Crippen LogP contribution is -2.33. The molecule has 2 nitrogen and oxygen atoms in total. The molecule has 0 amide bonds. The van der Waals surface area contributed by atoms with Crippen molar-refractivity contribution in [3.8, 4) is 0 Å². The number of rotatable bonds is 7. The topological polar surface area (TPSA) is 24.9 Å². The number of thioether (sulfide) groups is 1. The Morgan fingerprint density at radius 2 is 1.95 bits per heavy atom. The van der Waals surface area contributed by atoms with Crippen molar-refractivity contribution < 1.29 is 0 Å². The zero-order chi connectivity index (χ0) is 14.2. The summed E-state index contributed by atoms with van der Waals surface area (Å²) in [5, 5.41) is 3.55. The standard InChI is InChI=1S/C17H22N2S/c1-3-18-16(12-15-6-4-5-11-19-15)13-20-17-9-7-14(2)8-10-17/h4-11,16,18H,3,12-13H2,1-2H3. The van der Waals surface area contributed by atoms with Gasteiger partial charge in [0, 0.05) is 35.0 Å². The van der Waals surface area contributed by atoms with Crippen molar-refractivity contribution in [3.05, 3.63) is 59.9 Å². The molecule has 20 heavy (non-hydrogen) atoms. The fourth-order valence-electron chi connectivity index (χ4n) is 2.08. The number of benzene rings is 1. The summed E-state index contributed by atoms with van der Waals surface area (Å²) in [5.41, 5.74) is 2.47. The Balaban J connectivity index is 1.90. The van der Waals surface area contributed by atoms with E-state index in [2.05, 4.69) is 60.5 Å². The normalized spacial score (nSPS) is 12.3. The third-order valence-corrected chi connectivity index (χ3v) is 4.32. The van der Waals surface area contributed by atoms with Gasteiger partial charge in [-0.1, -0.05) is 30.7 Å². The van der Waals surface area contributed by atoms with Gasteiger partial charge in [0.15, 0.2) is 0 Å². The summed E-state index contributed by atoms with van der Waals surface area (Å²) >= 11 is 1.91. The van der Waals surface area contributed by atoms with E-state index in [9.17, 15) is 0 Å². The molecule has 0 saturated carbocycles. The van der Waals surface area contributed by atoms with E-state index in [1.54, 1.807) is 0 Å². The maximum Gasteiger partial charge on any atom is 0.0419 e. The average molecular weight is 286 g/mol. The van der Waals surface area contributed by atoms with Crippen LogP contribution in [0.1, 0.15) is 18.2 Å². The summed E-state index contributed by atoms with van der Waals surface area (Å²) in [7, 11) is 0. The molecule has 1 atom stereocenters. The first-order valence-corrected chi connectivity index (χ1v) is 8.09. The fourth-order valence-corrected chi connectivity index (χ4v) is 3.04. The number of aromatic nitrogens is 1. The van der Waals surface area contributed by atoms with E-state index in [4.69, 9.17) is 0 Å². The lowest BCUT2D eigenvalue weighted by molar-refractivity contribution is 0.566. The highest BCUT2D eigenvalue weighted by Gasteiger charge is 2.09. The first-order valence-electron chi connectivity index (χ1n) is 7.10. The molecule has 0 fully saturated rings. The largest absolute Gasteiger partial charge is 0.313 e. The van der Waals surface area contributed by atoms with E-state index in [0.717, 1.165) is 24.4 Å². The van der Waals surface area contributed by atoms with Gasteiger partial charge in [0.2, 0.25) is 0 Å². The van der Waals surface area contributed by atoms with Gasteiger partial charge in [-0.25, -0.2) is 0 Å². The van der Waals surface area contributed by atoms with Gasteiger partial charge in [-0.3, -0.25) is 4.98 Å². The van der Waals surface area contributed by atoms with Crippen LogP contribution in [-0.2, 0) is 6.42 Å². The molecular formula is C17H22N2S. The average Bonchev–Trinajstić information content (AvgIpc) is 2.48. The molecule has 2 rings (SSSR count). The van der Waals surface area contributed by atoms with Crippen molar-refractivity contribution in [2.45, 2.75) is 31.2 Å². The molecule has 0 aliphatic heterocycles. The lowest BCUT2D eigenvalue weighted by Gasteiger charge is -2.17. The molecule has 0 aliphatic rings. The summed E-state index contributed by atoms with van der Waals surface area (Å²) in [4.78, 5) is 5.75. The molecule has 3 heteroatoms. The number of hydrogen-bond acceptors (Lipinski definition) is 3. The Morgan fingerprint density at radius 3 is 2.60 bits per heavy atom. The Hall–Kier alpha value is -1.32. The molecular weight excluding hydrogens is 264 g/mol.